The predicted octanol–water partition coefficient (Wildman–Crippen LogP) is 2.35. The first-order valence-electron chi connectivity index (χ1n) is 7.26. The van der Waals surface area contributed by atoms with E-state index in [1.54, 1.807) is 10.7 Å². The van der Waals surface area contributed by atoms with Crippen molar-refractivity contribution in [2.75, 3.05) is 0 Å². The van der Waals surface area contributed by atoms with E-state index in [0.717, 1.165) is 18.5 Å². The maximum absolute atomic E-state index is 12.5. The van der Waals surface area contributed by atoms with Crippen LogP contribution in [0.15, 0.2) is 18.5 Å². The molecule has 2 heterocycles. The molecular formula is C15H20N4O. The Morgan fingerprint density at radius 2 is 2.30 bits per heavy atom. The quantitative estimate of drug-likeness (QED) is 0.913. The van der Waals surface area contributed by atoms with Gasteiger partial charge >= 0.3 is 0 Å². The Balaban J connectivity index is 1.83. The van der Waals surface area contributed by atoms with Gasteiger partial charge < -0.3 is 5.32 Å². The summed E-state index contributed by atoms with van der Waals surface area (Å²) in [6.07, 6.45) is 8.10. The number of nitrogens with zero attached hydrogens (tertiary/aromatic N) is 3. The molecule has 106 valence electrons. The second-order valence-corrected chi connectivity index (χ2v) is 5.79. The van der Waals surface area contributed by atoms with Gasteiger partial charge in [0.25, 0.3) is 5.91 Å². The first-order valence-corrected chi connectivity index (χ1v) is 7.26. The molecule has 0 saturated heterocycles. The number of hydrogen-bond donors (Lipinski definition) is 1. The molecule has 2 aromatic heterocycles. The monoisotopic (exact) mass is 272 g/mol. The molecule has 1 fully saturated rings. The minimum Gasteiger partial charge on any atom is -0.349 e. The molecule has 3 rings (SSSR count). The van der Waals surface area contributed by atoms with E-state index in [0.29, 0.717) is 17.1 Å². The molecule has 1 amide bonds. The minimum absolute atomic E-state index is 0.0460. The molecule has 0 radical (unpaired) electrons. The van der Waals surface area contributed by atoms with Gasteiger partial charge in [0.2, 0.25) is 0 Å². The SMILES string of the molecule is Cc1nn2cccnc2c1C(=O)NC1CCCC(C)C1. The third-order valence-corrected chi connectivity index (χ3v) is 4.07. The van der Waals surface area contributed by atoms with Crippen molar-refractivity contribution in [1.82, 2.24) is 19.9 Å². The molecule has 5 heteroatoms. The van der Waals surface area contributed by atoms with Crippen molar-refractivity contribution in [3.63, 3.8) is 0 Å². The van der Waals surface area contributed by atoms with Crippen LogP contribution in [0.1, 0.15) is 48.7 Å². The number of amides is 1. The van der Waals surface area contributed by atoms with E-state index in [9.17, 15) is 4.79 Å². The van der Waals surface area contributed by atoms with E-state index in [4.69, 9.17) is 0 Å². The molecule has 1 aliphatic rings. The lowest BCUT2D eigenvalue weighted by Gasteiger charge is -2.27. The largest absolute Gasteiger partial charge is 0.349 e. The molecule has 2 atom stereocenters. The number of hydrogen-bond acceptors (Lipinski definition) is 3. The minimum atomic E-state index is -0.0460. The Morgan fingerprint density at radius 3 is 3.10 bits per heavy atom. The van der Waals surface area contributed by atoms with Gasteiger partial charge in [-0.05, 0) is 31.7 Å². The van der Waals surface area contributed by atoms with Gasteiger partial charge in [-0.25, -0.2) is 9.50 Å². The summed E-state index contributed by atoms with van der Waals surface area (Å²) in [5, 5.41) is 7.49. The van der Waals surface area contributed by atoms with E-state index in [1.165, 1.54) is 12.8 Å². The topological polar surface area (TPSA) is 59.3 Å². The molecule has 2 aromatic rings. The Hall–Kier alpha value is -1.91. The van der Waals surface area contributed by atoms with Gasteiger partial charge in [0, 0.05) is 18.4 Å². The zero-order valence-corrected chi connectivity index (χ0v) is 12.0. The van der Waals surface area contributed by atoms with Crippen molar-refractivity contribution in [3.05, 3.63) is 29.7 Å². The highest BCUT2D eigenvalue weighted by atomic mass is 16.1. The van der Waals surface area contributed by atoms with Crippen LogP contribution in [0.5, 0.6) is 0 Å². The number of fused-ring (bicyclic) bond motifs is 1. The molecule has 0 spiro atoms. The second-order valence-electron chi connectivity index (χ2n) is 5.79. The maximum atomic E-state index is 12.5. The molecule has 20 heavy (non-hydrogen) atoms. The van der Waals surface area contributed by atoms with Crippen LogP contribution >= 0.6 is 0 Å². The number of aromatic nitrogens is 3. The van der Waals surface area contributed by atoms with Crippen molar-refractivity contribution in [1.29, 1.82) is 0 Å². The standard InChI is InChI=1S/C15H20N4O/c1-10-5-3-6-12(9-10)17-15(20)13-11(2)18-19-8-4-7-16-14(13)19/h4,7-8,10,12H,3,5-6,9H2,1-2H3,(H,17,20). The van der Waals surface area contributed by atoms with Crippen LogP contribution in [0.2, 0.25) is 0 Å². The van der Waals surface area contributed by atoms with Crippen LogP contribution in [0.3, 0.4) is 0 Å². The van der Waals surface area contributed by atoms with Crippen molar-refractivity contribution in [2.45, 2.75) is 45.6 Å². The zero-order valence-electron chi connectivity index (χ0n) is 12.0. The van der Waals surface area contributed by atoms with Crippen LogP contribution in [-0.2, 0) is 0 Å². The fourth-order valence-electron chi connectivity index (χ4n) is 3.09. The third kappa shape index (κ3) is 2.40. The average molecular weight is 272 g/mol. The van der Waals surface area contributed by atoms with E-state index in [1.807, 2.05) is 19.2 Å². The van der Waals surface area contributed by atoms with E-state index < -0.39 is 0 Å². The Labute approximate surface area is 118 Å². The van der Waals surface area contributed by atoms with E-state index >= 15 is 0 Å². The molecule has 1 saturated carbocycles. The highest BCUT2D eigenvalue weighted by molar-refractivity contribution is 6.01. The summed E-state index contributed by atoms with van der Waals surface area (Å²) >= 11 is 0. The fourth-order valence-corrected chi connectivity index (χ4v) is 3.09. The van der Waals surface area contributed by atoms with Crippen molar-refractivity contribution >= 4 is 11.6 Å². The summed E-state index contributed by atoms with van der Waals surface area (Å²) in [6.45, 7) is 4.10. The molecule has 1 aliphatic carbocycles. The third-order valence-electron chi connectivity index (χ3n) is 4.07. The van der Waals surface area contributed by atoms with Crippen molar-refractivity contribution < 1.29 is 4.79 Å². The average Bonchev–Trinajstić information content (AvgIpc) is 2.74. The summed E-state index contributed by atoms with van der Waals surface area (Å²) in [4.78, 5) is 16.8. The zero-order chi connectivity index (χ0) is 14.1. The molecular weight excluding hydrogens is 252 g/mol. The summed E-state index contributed by atoms with van der Waals surface area (Å²) in [5.74, 6) is 0.646. The number of carbonyl (C=O) groups excluding carboxylic acids is 1. The molecule has 0 aromatic carbocycles. The predicted molar refractivity (Wildman–Crippen MR) is 76.6 cm³/mol. The van der Waals surface area contributed by atoms with Crippen molar-refractivity contribution in [3.8, 4) is 0 Å². The summed E-state index contributed by atoms with van der Waals surface area (Å²) in [7, 11) is 0. The highest BCUT2D eigenvalue weighted by Crippen LogP contribution is 2.24. The van der Waals surface area contributed by atoms with Gasteiger partial charge in [0.05, 0.1) is 5.69 Å². The lowest BCUT2D eigenvalue weighted by molar-refractivity contribution is 0.0922. The normalized spacial score (nSPS) is 22.9. The van der Waals surface area contributed by atoms with Gasteiger partial charge in [0.15, 0.2) is 5.65 Å². The number of nitrogens with one attached hydrogen (secondary N) is 1. The van der Waals surface area contributed by atoms with E-state index in [-0.39, 0.29) is 11.9 Å². The first-order chi connectivity index (χ1) is 9.65. The second kappa shape index (κ2) is 5.23. The number of carbonyl (C=O) groups is 1. The lowest BCUT2D eigenvalue weighted by Crippen LogP contribution is -2.38. The smallest absolute Gasteiger partial charge is 0.257 e. The van der Waals surface area contributed by atoms with Crippen LogP contribution < -0.4 is 5.32 Å². The van der Waals surface area contributed by atoms with Crippen LogP contribution in [0, 0.1) is 12.8 Å². The molecule has 2 unspecified atom stereocenters. The lowest BCUT2D eigenvalue weighted by atomic mass is 9.87. The van der Waals surface area contributed by atoms with Crippen LogP contribution in [-0.4, -0.2) is 26.5 Å². The Kier molecular flexibility index (Phi) is 3.42. The number of aryl methyl sites for hydroxylation is 1. The van der Waals surface area contributed by atoms with Gasteiger partial charge in [0.1, 0.15) is 5.56 Å². The molecule has 0 bridgehead atoms. The Morgan fingerprint density at radius 1 is 1.45 bits per heavy atom. The summed E-state index contributed by atoms with van der Waals surface area (Å²) in [6, 6.07) is 2.09. The number of rotatable bonds is 2. The van der Waals surface area contributed by atoms with Gasteiger partial charge in [-0.1, -0.05) is 19.8 Å². The van der Waals surface area contributed by atoms with Crippen LogP contribution in [0.4, 0.5) is 0 Å². The summed E-state index contributed by atoms with van der Waals surface area (Å²) in [5.41, 5.74) is 1.96. The van der Waals surface area contributed by atoms with Gasteiger partial charge in [-0.2, -0.15) is 5.10 Å². The fraction of sp³-hybridized carbons (Fsp3) is 0.533. The first kappa shape index (κ1) is 13.1. The summed E-state index contributed by atoms with van der Waals surface area (Å²) < 4.78 is 1.66. The Bertz CT molecular complexity index is 634. The van der Waals surface area contributed by atoms with Crippen molar-refractivity contribution in [2.24, 2.45) is 5.92 Å². The van der Waals surface area contributed by atoms with E-state index in [2.05, 4.69) is 22.3 Å². The highest BCUT2D eigenvalue weighted by Gasteiger charge is 2.24. The molecule has 0 aliphatic heterocycles. The molecule has 5 nitrogen and oxygen atoms in total. The van der Waals surface area contributed by atoms with Gasteiger partial charge in [-0.15, -0.1) is 0 Å². The van der Waals surface area contributed by atoms with Crippen LogP contribution in [0.25, 0.3) is 5.65 Å². The molecule has 1 N–H and O–H groups in total. The maximum Gasteiger partial charge on any atom is 0.257 e. The van der Waals surface area contributed by atoms with Gasteiger partial charge in [-0.3, -0.25) is 4.79 Å².